The third-order valence-electron chi connectivity index (χ3n) is 2.28. The summed E-state index contributed by atoms with van der Waals surface area (Å²) in [4.78, 5) is 9.61. The number of nitro groups is 1. The van der Waals surface area contributed by atoms with Gasteiger partial charge in [-0.3, -0.25) is 10.1 Å². The zero-order valence-corrected chi connectivity index (χ0v) is 11.2. The molecule has 1 aromatic rings. The molecule has 0 aliphatic carbocycles. The molecule has 5 nitrogen and oxygen atoms in total. The minimum Gasteiger partial charge on any atom is -0.258 e. The predicted molar refractivity (Wildman–Crippen MR) is 64.8 cm³/mol. The molecule has 0 atom stereocenters. The Morgan fingerprint density at radius 2 is 1.82 bits per heavy atom. The van der Waals surface area contributed by atoms with E-state index in [0.717, 1.165) is 0 Å². The van der Waals surface area contributed by atoms with Crippen molar-refractivity contribution >= 4 is 25.4 Å². The molecule has 0 radical (unpaired) electrons. The molecule has 17 heavy (non-hydrogen) atoms. The second-order valence-electron chi connectivity index (χ2n) is 4.63. The number of nitrogens with zero attached hydrogens (tertiary/aromatic N) is 1. The number of hydrogen-bond acceptors (Lipinski definition) is 4. The topological polar surface area (TPSA) is 77.3 Å². The van der Waals surface area contributed by atoms with Crippen molar-refractivity contribution in [2.75, 3.05) is 0 Å². The van der Waals surface area contributed by atoms with Crippen molar-refractivity contribution in [3.8, 4) is 0 Å². The lowest BCUT2D eigenvalue weighted by Gasteiger charge is -2.18. The molecule has 94 valence electrons. The fourth-order valence-electron chi connectivity index (χ4n) is 1.33. The first-order valence-electron chi connectivity index (χ1n) is 4.77. The normalized spacial score (nSPS) is 12.5. The van der Waals surface area contributed by atoms with E-state index in [0.29, 0.717) is 5.56 Å². The average Bonchev–Trinajstić information content (AvgIpc) is 2.14. The highest BCUT2D eigenvalue weighted by molar-refractivity contribution is 8.13. The van der Waals surface area contributed by atoms with E-state index in [1.165, 1.54) is 18.2 Å². The molecule has 0 unspecified atom stereocenters. The van der Waals surface area contributed by atoms with Crippen LogP contribution in [-0.4, -0.2) is 13.3 Å². The Balaban J connectivity index is 3.55. The summed E-state index contributed by atoms with van der Waals surface area (Å²) in [7, 11) is 1.03. The second kappa shape index (κ2) is 4.27. The summed E-state index contributed by atoms with van der Waals surface area (Å²) in [5, 5.41) is 10.8. The number of benzene rings is 1. The Morgan fingerprint density at radius 3 is 2.18 bits per heavy atom. The van der Waals surface area contributed by atoms with Crippen molar-refractivity contribution in [2.45, 2.75) is 31.1 Å². The predicted octanol–water partition coefficient (Wildman–Crippen LogP) is 2.82. The van der Waals surface area contributed by atoms with Crippen molar-refractivity contribution in [1.82, 2.24) is 0 Å². The molecule has 0 aliphatic rings. The maximum Gasteiger partial charge on any atom is 0.289 e. The van der Waals surface area contributed by atoms with Crippen LogP contribution in [0.2, 0.25) is 0 Å². The molecule has 0 spiro atoms. The third-order valence-corrected chi connectivity index (χ3v) is 3.65. The highest BCUT2D eigenvalue weighted by atomic mass is 35.7. The van der Waals surface area contributed by atoms with Crippen molar-refractivity contribution < 1.29 is 13.3 Å². The Kier molecular flexibility index (Phi) is 3.50. The van der Waals surface area contributed by atoms with Crippen molar-refractivity contribution in [3.05, 3.63) is 33.9 Å². The molecule has 0 amide bonds. The minimum absolute atomic E-state index is 0.306. The van der Waals surface area contributed by atoms with Crippen LogP contribution < -0.4 is 0 Å². The van der Waals surface area contributed by atoms with Crippen LogP contribution in [0.4, 0.5) is 5.69 Å². The monoisotopic (exact) mass is 277 g/mol. The van der Waals surface area contributed by atoms with Gasteiger partial charge in [0.2, 0.25) is 0 Å². The molecule has 0 saturated heterocycles. The number of halogens is 1. The number of nitro benzene ring substituents is 1. The van der Waals surface area contributed by atoms with E-state index in [1.54, 1.807) is 0 Å². The van der Waals surface area contributed by atoms with Crippen LogP contribution in [0.1, 0.15) is 26.3 Å². The van der Waals surface area contributed by atoms with Crippen molar-refractivity contribution in [3.63, 3.8) is 0 Å². The fourth-order valence-corrected chi connectivity index (χ4v) is 2.34. The maximum absolute atomic E-state index is 11.2. The Labute approximate surface area is 104 Å². The molecule has 0 bridgehead atoms. The van der Waals surface area contributed by atoms with Crippen LogP contribution in [0.3, 0.4) is 0 Å². The van der Waals surface area contributed by atoms with Crippen LogP contribution in [0, 0.1) is 10.1 Å². The van der Waals surface area contributed by atoms with Gasteiger partial charge in [0.25, 0.3) is 14.7 Å². The first-order valence-corrected chi connectivity index (χ1v) is 7.08. The van der Waals surface area contributed by atoms with Gasteiger partial charge < -0.3 is 0 Å². The fraction of sp³-hybridized carbons (Fsp3) is 0.400. The van der Waals surface area contributed by atoms with Gasteiger partial charge in [-0.1, -0.05) is 26.8 Å². The van der Waals surface area contributed by atoms with Gasteiger partial charge in [0, 0.05) is 16.7 Å². The summed E-state index contributed by atoms with van der Waals surface area (Å²) in [6, 6.07) is 3.94. The summed E-state index contributed by atoms with van der Waals surface area (Å²) in [6.45, 7) is 5.63. The SMILES string of the molecule is CC(C)(C)c1ccc(S(=O)(=O)Cl)c([N+](=O)[O-])c1. The van der Waals surface area contributed by atoms with Gasteiger partial charge in [-0.05, 0) is 17.0 Å². The molecular formula is C10H12ClNO4S. The summed E-state index contributed by atoms with van der Waals surface area (Å²) in [6.07, 6.45) is 0. The number of rotatable bonds is 2. The molecular weight excluding hydrogens is 266 g/mol. The zero-order chi connectivity index (χ0) is 13.4. The maximum atomic E-state index is 11.2. The average molecular weight is 278 g/mol. The Bertz CT molecular complexity index is 560. The molecule has 0 saturated carbocycles. The zero-order valence-electron chi connectivity index (χ0n) is 9.60. The van der Waals surface area contributed by atoms with E-state index in [2.05, 4.69) is 0 Å². The minimum atomic E-state index is -4.11. The van der Waals surface area contributed by atoms with Crippen LogP contribution >= 0.6 is 10.7 Å². The van der Waals surface area contributed by atoms with E-state index < -0.39 is 24.6 Å². The van der Waals surface area contributed by atoms with Crippen LogP contribution in [-0.2, 0) is 14.5 Å². The van der Waals surface area contributed by atoms with Crippen LogP contribution in [0.15, 0.2) is 23.1 Å². The highest BCUT2D eigenvalue weighted by Crippen LogP contribution is 2.32. The molecule has 0 heterocycles. The van der Waals surface area contributed by atoms with E-state index >= 15 is 0 Å². The third kappa shape index (κ3) is 3.17. The van der Waals surface area contributed by atoms with Crippen LogP contribution in [0.25, 0.3) is 0 Å². The summed E-state index contributed by atoms with van der Waals surface area (Å²) in [5.74, 6) is 0. The summed E-state index contributed by atoms with van der Waals surface area (Å²) >= 11 is 0. The standard InChI is InChI=1S/C10H12ClNO4S/c1-10(2,3)7-4-5-9(17(11,15)16)8(6-7)12(13)14/h4-6H,1-3H3. The first kappa shape index (κ1) is 13.9. The van der Waals surface area contributed by atoms with Crippen molar-refractivity contribution in [1.29, 1.82) is 0 Å². The molecule has 0 aromatic heterocycles. The van der Waals surface area contributed by atoms with E-state index in [1.807, 2.05) is 20.8 Å². The highest BCUT2D eigenvalue weighted by Gasteiger charge is 2.26. The van der Waals surface area contributed by atoms with Gasteiger partial charge in [-0.25, -0.2) is 8.42 Å². The van der Waals surface area contributed by atoms with Crippen molar-refractivity contribution in [2.24, 2.45) is 0 Å². The lowest BCUT2D eigenvalue weighted by Crippen LogP contribution is -2.12. The van der Waals surface area contributed by atoms with Gasteiger partial charge in [0.05, 0.1) is 4.92 Å². The van der Waals surface area contributed by atoms with Gasteiger partial charge in [0.1, 0.15) is 0 Å². The Hall–Kier alpha value is -1.14. The molecule has 1 rings (SSSR count). The quantitative estimate of drug-likeness (QED) is 0.473. The van der Waals surface area contributed by atoms with Gasteiger partial charge in [-0.2, -0.15) is 0 Å². The summed E-state index contributed by atoms with van der Waals surface area (Å²) < 4.78 is 22.4. The number of hydrogen-bond donors (Lipinski definition) is 0. The lowest BCUT2D eigenvalue weighted by molar-refractivity contribution is -0.387. The van der Waals surface area contributed by atoms with Crippen LogP contribution in [0.5, 0.6) is 0 Å². The smallest absolute Gasteiger partial charge is 0.258 e. The molecule has 0 N–H and O–H groups in total. The molecule has 0 aliphatic heterocycles. The van der Waals surface area contributed by atoms with Gasteiger partial charge in [0.15, 0.2) is 4.90 Å². The lowest BCUT2D eigenvalue weighted by atomic mass is 9.87. The van der Waals surface area contributed by atoms with E-state index in [-0.39, 0.29) is 5.41 Å². The summed E-state index contributed by atoms with van der Waals surface area (Å²) in [5.41, 5.74) is -0.125. The van der Waals surface area contributed by atoms with Gasteiger partial charge >= 0.3 is 0 Å². The largest absolute Gasteiger partial charge is 0.289 e. The molecule has 1 aromatic carbocycles. The first-order chi connectivity index (χ1) is 7.53. The van der Waals surface area contributed by atoms with E-state index in [4.69, 9.17) is 10.7 Å². The molecule has 7 heteroatoms. The van der Waals surface area contributed by atoms with Gasteiger partial charge in [-0.15, -0.1) is 0 Å². The molecule has 0 fully saturated rings. The van der Waals surface area contributed by atoms with E-state index in [9.17, 15) is 18.5 Å². The Morgan fingerprint density at radius 1 is 1.29 bits per heavy atom. The second-order valence-corrected chi connectivity index (χ2v) is 7.16.